The molecule has 3 aliphatic rings. The first-order valence-corrected chi connectivity index (χ1v) is 32.5. The molecule has 0 spiro atoms. The van der Waals surface area contributed by atoms with Crippen molar-refractivity contribution >= 4 is 33.4 Å². The standard InChI is InChI=1S/C51H97N3O36P2/c1-51(30-80-9-3-36(55)52-6-12-74-15-18-77-21-24-83-48-45(64)42(61)39(58)33(88-48)27-73-2,31-81-10-4-37(56)53-7-13-75-16-19-78-22-25-84-49-46(65)43(62)40(59)34(89-49)28-86-91(67,68)69)32-82-11-5-38(57)54-8-14-76-17-20-79-23-26-85-50-47(66)44(63)41(60)35(90-50)29-87-92(70,71)72/h33-35,39-50,58-66H,3-32H2,1-2H3,(H,52,55)(H,53,56)(H,54,57)(H2,67,68,69)(H2,70,71,72)/p-2. The fourth-order valence-corrected chi connectivity index (χ4v) is 9.01. The molecule has 3 heterocycles. The molecule has 14 N–H and O–H groups in total. The van der Waals surface area contributed by atoms with Gasteiger partial charge in [-0.25, -0.2) is 0 Å². The lowest BCUT2D eigenvalue weighted by Gasteiger charge is -2.40. The smallest absolute Gasteiger partial charge is 0.265 e. The van der Waals surface area contributed by atoms with Gasteiger partial charge in [0.2, 0.25) is 17.7 Å². The number of methoxy groups -OCH3 is 1. The van der Waals surface area contributed by atoms with Crippen LogP contribution in [0.15, 0.2) is 0 Å². The van der Waals surface area contributed by atoms with Gasteiger partial charge in [0, 0.05) is 51.4 Å². The summed E-state index contributed by atoms with van der Waals surface area (Å²) in [5, 5.41) is 98.9. The number of ether oxygens (including phenoxy) is 16. The minimum atomic E-state index is -5.15. The molecule has 0 aromatic heterocycles. The zero-order valence-electron chi connectivity index (χ0n) is 51.4. The van der Waals surface area contributed by atoms with Gasteiger partial charge in [-0.3, -0.25) is 23.5 Å². The van der Waals surface area contributed by atoms with Crippen molar-refractivity contribution < 1.29 is 174 Å². The van der Waals surface area contributed by atoms with Crippen LogP contribution in [-0.2, 0) is 108 Å². The van der Waals surface area contributed by atoms with Gasteiger partial charge < -0.3 is 166 Å². The maximum absolute atomic E-state index is 12.6. The topological polar surface area (TPSA) is 556 Å². The van der Waals surface area contributed by atoms with Crippen molar-refractivity contribution in [2.75, 3.05) is 185 Å². The lowest BCUT2D eigenvalue weighted by molar-refractivity contribution is -0.304. The highest BCUT2D eigenvalue weighted by atomic mass is 31.2. The third kappa shape index (κ3) is 35.8. The number of amides is 3. The van der Waals surface area contributed by atoms with E-state index in [1.54, 1.807) is 0 Å². The molecule has 0 aliphatic carbocycles. The maximum Gasteiger partial charge on any atom is 0.265 e. The molecule has 542 valence electrons. The van der Waals surface area contributed by atoms with E-state index in [2.05, 4.69) is 25.0 Å². The second-order valence-electron chi connectivity index (χ2n) is 21.1. The third-order valence-electron chi connectivity index (χ3n) is 13.3. The van der Waals surface area contributed by atoms with E-state index in [-0.39, 0.29) is 202 Å². The largest absolute Gasteiger partial charge is 0.756 e. The molecule has 39 nitrogen and oxygen atoms in total. The Morgan fingerprint density at radius 2 is 0.652 bits per heavy atom. The quantitative estimate of drug-likeness (QED) is 0.0199. The van der Waals surface area contributed by atoms with Gasteiger partial charge in [-0.1, -0.05) is 6.92 Å². The number of aliphatic hydroxyl groups excluding tert-OH is 9. The molecular formula is C51H95N3O36P2-2. The molecule has 0 aromatic rings. The third-order valence-corrected chi connectivity index (χ3v) is 14.2. The first kappa shape index (κ1) is 83.9. The SMILES string of the molecule is COCC1OC(OCCOCCOCCNC(=O)CCOCC(C)(COCCC(=O)NCCOCCOCCOC2OC(COP(=O)([O-])O)C(O)C(O)C2O)COCCC(=O)NCCOCCOCCOC2OC(COP(=O)([O-])O)C(O)C(O)C2O)C(O)C(O)C1O. The lowest BCUT2D eigenvalue weighted by atomic mass is 9.94. The van der Waals surface area contributed by atoms with Gasteiger partial charge in [0.1, 0.15) is 73.2 Å². The molecule has 3 rings (SSSR count). The Morgan fingerprint density at radius 1 is 0.391 bits per heavy atom. The highest BCUT2D eigenvalue weighted by molar-refractivity contribution is 7.45. The van der Waals surface area contributed by atoms with Crippen molar-refractivity contribution in [1.82, 2.24) is 16.0 Å². The number of nitrogens with one attached hydrogen (secondary N) is 3. The van der Waals surface area contributed by atoms with Crippen molar-refractivity contribution in [3.05, 3.63) is 0 Å². The van der Waals surface area contributed by atoms with Crippen LogP contribution in [0.1, 0.15) is 26.2 Å². The van der Waals surface area contributed by atoms with E-state index in [0.717, 1.165) is 0 Å². The number of phosphoric acid groups is 2. The first-order valence-electron chi connectivity index (χ1n) is 29.5. The van der Waals surface area contributed by atoms with Gasteiger partial charge in [0.15, 0.2) is 18.9 Å². The zero-order chi connectivity index (χ0) is 68.0. The molecule has 3 saturated heterocycles. The van der Waals surface area contributed by atoms with Gasteiger partial charge in [0.25, 0.3) is 15.6 Å². The molecule has 17 atom stereocenters. The minimum Gasteiger partial charge on any atom is -0.756 e. The number of carbonyl (C=O) groups excluding carboxylic acids is 3. The van der Waals surface area contributed by atoms with E-state index in [9.17, 15) is 79.3 Å². The predicted molar refractivity (Wildman–Crippen MR) is 300 cm³/mol. The summed E-state index contributed by atoms with van der Waals surface area (Å²) in [5.74, 6) is -0.956. The average molecular weight is 1390 g/mol. The van der Waals surface area contributed by atoms with Crippen LogP contribution in [0.25, 0.3) is 0 Å². The molecule has 41 heteroatoms. The number of rotatable bonds is 53. The second-order valence-corrected chi connectivity index (χ2v) is 23.5. The second kappa shape index (κ2) is 46.8. The highest BCUT2D eigenvalue weighted by Crippen LogP contribution is 2.34. The van der Waals surface area contributed by atoms with Gasteiger partial charge in [-0.05, 0) is 0 Å². The summed E-state index contributed by atoms with van der Waals surface area (Å²) in [6.07, 6.45) is -22.6. The Hall–Kier alpha value is -2.37. The van der Waals surface area contributed by atoms with Crippen LogP contribution in [0.5, 0.6) is 0 Å². The Labute approximate surface area is 531 Å². The Morgan fingerprint density at radius 3 is 0.924 bits per heavy atom. The summed E-state index contributed by atoms with van der Waals surface area (Å²) in [6, 6.07) is 0. The van der Waals surface area contributed by atoms with E-state index in [0.29, 0.717) is 0 Å². The Bertz CT molecular complexity index is 1980. The summed E-state index contributed by atoms with van der Waals surface area (Å²) in [7, 11) is -8.91. The zero-order valence-corrected chi connectivity index (χ0v) is 53.2. The first-order chi connectivity index (χ1) is 43.8. The monoisotopic (exact) mass is 1390 g/mol. The molecule has 92 heavy (non-hydrogen) atoms. The van der Waals surface area contributed by atoms with E-state index < -0.39 is 126 Å². The van der Waals surface area contributed by atoms with Crippen LogP contribution in [0.4, 0.5) is 0 Å². The molecule has 17 unspecified atom stereocenters. The van der Waals surface area contributed by atoms with Gasteiger partial charge in [-0.15, -0.1) is 0 Å². The summed E-state index contributed by atoms with van der Waals surface area (Å²) < 4.78 is 118. The number of phosphoric ester groups is 2. The van der Waals surface area contributed by atoms with Crippen LogP contribution < -0.4 is 25.7 Å². The van der Waals surface area contributed by atoms with Crippen molar-refractivity contribution in [1.29, 1.82) is 0 Å². The van der Waals surface area contributed by atoms with Gasteiger partial charge in [0.05, 0.1) is 159 Å². The van der Waals surface area contributed by atoms with E-state index in [1.165, 1.54) is 7.11 Å². The van der Waals surface area contributed by atoms with Crippen LogP contribution in [0.3, 0.4) is 0 Å². The summed E-state index contributed by atoms with van der Waals surface area (Å²) >= 11 is 0. The van der Waals surface area contributed by atoms with Crippen molar-refractivity contribution in [3.63, 3.8) is 0 Å². The number of aliphatic hydroxyl groups is 9. The van der Waals surface area contributed by atoms with E-state index >= 15 is 0 Å². The molecule has 3 fully saturated rings. The fraction of sp³-hybridized carbons (Fsp3) is 0.941. The normalized spacial score (nSPS) is 28.8. The molecule has 3 aliphatic heterocycles. The number of hydrogen-bond donors (Lipinski definition) is 14. The fourth-order valence-electron chi connectivity index (χ4n) is 8.34. The summed E-state index contributed by atoms with van der Waals surface area (Å²) in [6.45, 7) is 2.08. The Balaban J connectivity index is 1.29. The van der Waals surface area contributed by atoms with E-state index in [4.69, 9.17) is 85.6 Å². The molecule has 0 saturated carbocycles. The Kier molecular flexibility index (Phi) is 42.6. The maximum atomic E-state index is 12.6. The van der Waals surface area contributed by atoms with Crippen LogP contribution >= 0.6 is 15.6 Å². The lowest BCUT2D eigenvalue weighted by Crippen LogP contribution is -2.59. The van der Waals surface area contributed by atoms with Crippen molar-refractivity contribution in [3.8, 4) is 0 Å². The molecule has 3 amide bonds. The van der Waals surface area contributed by atoms with Crippen molar-refractivity contribution in [2.45, 2.75) is 118 Å². The van der Waals surface area contributed by atoms with Gasteiger partial charge >= 0.3 is 0 Å². The van der Waals surface area contributed by atoms with Crippen molar-refractivity contribution in [2.24, 2.45) is 5.41 Å². The molecule has 0 radical (unpaired) electrons. The van der Waals surface area contributed by atoms with E-state index in [1.807, 2.05) is 6.92 Å². The minimum absolute atomic E-state index is 0.00728. The molecular weight excluding hydrogens is 1290 g/mol. The number of hydrogen-bond acceptors (Lipinski definition) is 34. The highest BCUT2D eigenvalue weighted by Gasteiger charge is 2.47. The molecule has 0 bridgehead atoms. The summed E-state index contributed by atoms with van der Waals surface area (Å²) in [5.41, 5.74) is -0.799. The number of carbonyl (C=O) groups is 3. The van der Waals surface area contributed by atoms with Crippen LogP contribution in [-0.4, -0.2) is 351 Å². The summed E-state index contributed by atoms with van der Waals surface area (Å²) in [4.78, 5) is 77.1. The predicted octanol–water partition coefficient (Wildman–Crippen LogP) is -9.27. The molecule has 0 aromatic carbocycles. The van der Waals surface area contributed by atoms with Crippen LogP contribution in [0, 0.1) is 5.41 Å². The van der Waals surface area contributed by atoms with Crippen LogP contribution in [0.2, 0.25) is 0 Å². The average Bonchev–Trinajstić information content (AvgIpc) is 0.889. The van der Waals surface area contributed by atoms with Gasteiger partial charge in [-0.2, -0.15) is 0 Å².